The second kappa shape index (κ2) is 7.69. The summed E-state index contributed by atoms with van der Waals surface area (Å²) in [7, 11) is -3.68. The van der Waals surface area contributed by atoms with Crippen molar-refractivity contribution in [3.8, 4) is 0 Å². The summed E-state index contributed by atoms with van der Waals surface area (Å²) in [5.41, 5.74) is -0.335. The highest BCUT2D eigenvalue weighted by Gasteiger charge is 2.29. The molecule has 0 aromatic carbocycles. The maximum absolute atomic E-state index is 11.9. The van der Waals surface area contributed by atoms with Crippen LogP contribution in [0.3, 0.4) is 0 Å². The van der Waals surface area contributed by atoms with Crippen LogP contribution in [0.1, 0.15) is 39.5 Å². The van der Waals surface area contributed by atoms with E-state index in [1.165, 1.54) is 0 Å². The van der Waals surface area contributed by atoms with Gasteiger partial charge in [-0.15, -0.1) is 11.6 Å². The van der Waals surface area contributed by atoms with Crippen molar-refractivity contribution in [2.45, 2.75) is 45.7 Å². The Morgan fingerprint density at radius 2 is 1.68 bits per heavy atom. The Labute approximate surface area is 117 Å². The number of hydrogen-bond donors (Lipinski definition) is 1. The first-order valence-electron chi connectivity index (χ1n) is 6.20. The first-order valence-corrected chi connectivity index (χ1v) is 8.38. The van der Waals surface area contributed by atoms with Crippen molar-refractivity contribution in [2.24, 2.45) is 5.41 Å². The Morgan fingerprint density at radius 1 is 1.16 bits per heavy atom. The van der Waals surface area contributed by atoms with E-state index in [2.05, 4.69) is 4.72 Å². The summed E-state index contributed by atoms with van der Waals surface area (Å²) in [6, 6.07) is 0. The zero-order valence-corrected chi connectivity index (χ0v) is 12.8. The van der Waals surface area contributed by atoms with Crippen LogP contribution in [0.4, 0.5) is 13.2 Å². The van der Waals surface area contributed by atoms with E-state index in [0.29, 0.717) is 18.7 Å². The van der Waals surface area contributed by atoms with Crippen molar-refractivity contribution < 1.29 is 21.6 Å². The molecule has 0 aromatic rings. The third-order valence-corrected chi connectivity index (χ3v) is 5.30. The van der Waals surface area contributed by atoms with Gasteiger partial charge in [0.2, 0.25) is 10.0 Å². The van der Waals surface area contributed by atoms with Gasteiger partial charge in [0.1, 0.15) is 0 Å². The highest BCUT2D eigenvalue weighted by molar-refractivity contribution is 7.89. The van der Waals surface area contributed by atoms with Crippen LogP contribution in [0.15, 0.2) is 0 Å². The predicted octanol–water partition coefficient (Wildman–Crippen LogP) is 3.29. The average Bonchev–Trinajstić information content (AvgIpc) is 2.29. The van der Waals surface area contributed by atoms with Gasteiger partial charge in [-0.25, -0.2) is 13.1 Å². The molecule has 0 radical (unpaired) electrons. The first-order chi connectivity index (χ1) is 8.60. The topological polar surface area (TPSA) is 46.2 Å². The fourth-order valence-corrected chi connectivity index (χ4v) is 3.20. The van der Waals surface area contributed by atoms with Crippen LogP contribution in [-0.4, -0.2) is 32.8 Å². The molecule has 0 aliphatic carbocycles. The fraction of sp³-hybridized carbons (Fsp3) is 1.00. The smallest absolute Gasteiger partial charge is 0.215 e. The normalized spacial score (nSPS) is 13.8. The molecule has 0 fully saturated rings. The lowest BCUT2D eigenvalue weighted by atomic mass is 9.85. The second-order valence-electron chi connectivity index (χ2n) is 4.70. The van der Waals surface area contributed by atoms with Gasteiger partial charge in [-0.3, -0.25) is 0 Å². The van der Waals surface area contributed by atoms with E-state index in [0.717, 1.165) is 0 Å². The summed E-state index contributed by atoms with van der Waals surface area (Å²) < 4.78 is 61.3. The van der Waals surface area contributed by atoms with Gasteiger partial charge in [0.15, 0.2) is 0 Å². The molecule has 8 heteroatoms. The van der Waals surface area contributed by atoms with Gasteiger partial charge in [0.05, 0.1) is 5.75 Å². The van der Waals surface area contributed by atoms with Crippen LogP contribution in [0.25, 0.3) is 0 Å². The average molecular weight is 324 g/mol. The molecule has 0 unspecified atom stereocenters. The summed E-state index contributed by atoms with van der Waals surface area (Å²) in [4.78, 5) is 0. The van der Waals surface area contributed by atoms with Gasteiger partial charge < -0.3 is 0 Å². The van der Waals surface area contributed by atoms with Gasteiger partial charge in [0.25, 0.3) is 0 Å². The fourth-order valence-electron chi connectivity index (χ4n) is 1.53. The highest BCUT2D eigenvalue weighted by Crippen LogP contribution is 2.27. The lowest BCUT2D eigenvalue weighted by Gasteiger charge is -2.29. The molecule has 0 amide bonds. The third-order valence-electron chi connectivity index (χ3n) is 3.32. The largest absolute Gasteiger partial charge is 0.389 e. The summed E-state index contributed by atoms with van der Waals surface area (Å²) >= 11 is 5.83. The number of alkyl halides is 4. The summed E-state index contributed by atoms with van der Waals surface area (Å²) in [5, 5.41) is 0. The van der Waals surface area contributed by atoms with Crippen LogP contribution < -0.4 is 4.72 Å². The van der Waals surface area contributed by atoms with Gasteiger partial charge in [-0.1, -0.05) is 13.8 Å². The Bertz CT molecular complexity index is 345. The van der Waals surface area contributed by atoms with Crippen LogP contribution >= 0.6 is 11.6 Å². The standard InChI is InChI=1S/C11H21ClF3NO2S/c1-3-10(4-2,8-12)9-16-19(17,18)7-5-6-11(13,14)15/h16H,3-9H2,1-2H3. The number of nitrogens with one attached hydrogen (secondary N) is 1. The van der Waals surface area contributed by atoms with E-state index in [1.54, 1.807) is 0 Å². The quantitative estimate of drug-likeness (QED) is 0.662. The summed E-state index contributed by atoms with van der Waals surface area (Å²) in [6.45, 7) is 3.98. The molecule has 0 aliphatic rings. The lowest BCUT2D eigenvalue weighted by Crippen LogP contribution is -2.39. The highest BCUT2D eigenvalue weighted by atomic mass is 35.5. The zero-order chi connectivity index (χ0) is 15.2. The van der Waals surface area contributed by atoms with Gasteiger partial charge in [-0.2, -0.15) is 13.2 Å². The SMILES string of the molecule is CCC(CC)(CCl)CNS(=O)(=O)CCCC(F)(F)F. The van der Waals surface area contributed by atoms with E-state index >= 15 is 0 Å². The minimum absolute atomic E-state index is 0.165. The molecule has 1 N–H and O–H groups in total. The van der Waals surface area contributed by atoms with Crippen LogP contribution in [0, 0.1) is 5.41 Å². The molecule has 0 aromatic heterocycles. The molecule has 0 saturated carbocycles. The van der Waals surface area contributed by atoms with Gasteiger partial charge in [0, 0.05) is 18.8 Å². The third kappa shape index (κ3) is 7.99. The summed E-state index contributed by atoms with van der Waals surface area (Å²) in [5.74, 6) is -0.205. The first kappa shape index (κ1) is 19.0. The van der Waals surface area contributed by atoms with E-state index < -0.39 is 34.8 Å². The van der Waals surface area contributed by atoms with Crippen molar-refractivity contribution in [3.05, 3.63) is 0 Å². The molecule has 3 nitrogen and oxygen atoms in total. The Morgan fingerprint density at radius 3 is 2.05 bits per heavy atom. The molecular weight excluding hydrogens is 303 g/mol. The maximum atomic E-state index is 11.9. The van der Waals surface area contributed by atoms with Crippen LogP contribution in [0.2, 0.25) is 0 Å². The zero-order valence-electron chi connectivity index (χ0n) is 11.2. The predicted molar refractivity (Wildman–Crippen MR) is 70.8 cm³/mol. The van der Waals surface area contributed by atoms with Crippen molar-refractivity contribution in [3.63, 3.8) is 0 Å². The number of sulfonamides is 1. The molecule has 0 aliphatic heterocycles. The van der Waals surface area contributed by atoms with E-state index in [9.17, 15) is 21.6 Å². The number of rotatable bonds is 9. The van der Waals surface area contributed by atoms with Crippen LogP contribution in [0.5, 0.6) is 0 Å². The van der Waals surface area contributed by atoms with Crippen molar-refractivity contribution in [2.75, 3.05) is 18.2 Å². The Balaban J connectivity index is 4.31. The molecule has 0 saturated heterocycles. The molecule has 0 rings (SSSR count). The van der Waals surface area contributed by atoms with E-state index in [-0.39, 0.29) is 12.0 Å². The van der Waals surface area contributed by atoms with Gasteiger partial charge in [-0.05, 0) is 24.7 Å². The number of halogens is 4. The minimum Gasteiger partial charge on any atom is -0.215 e. The monoisotopic (exact) mass is 323 g/mol. The second-order valence-corrected chi connectivity index (χ2v) is 6.89. The lowest BCUT2D eigenvalue weighted by molar-refractivity contribution is -0.134. The molecule has 0 heterocycles. The Kier molecular flexibility index (Phi) is 7.68. The number of hydrogen-bond acceptors (Lipinski definition) is 2. The Hall–Kier alpha value is -0.0100. The molecule has 0 bridgehead atoms. The maximum Gasteiger partial charge on any atom is 0.389 e. The van der Waals surface area contributed by atoms with E-state index in [1.807, 2.05) is 13.8 Å². The van der Waals surface area contributed by atoms with Gasteiger partial charge >= 0.3 is 6.18 Å². The van der Waals surface area contributed by atoms with Crippen LogP contribution in [-0.2, 0) is 10.0 Å². The van der Waals surface area contributed by atoms with Crippen molar-refractivity contribution in [1.82, 2.24) is 4.72 Å². The van der Waals surface area contributed by atoms with E-state index in [4.69, 9.17) is 11.6 Å². The summed E-state index contributed by atoms with van der Waals surface area (Å²) in [6.07, 6.45) is -4.42. The molecule has 19 heavy (non-hydrogen) atoms. The minimum atomic E-state index is -4.32. The van der Waals surface area contributed by atoms with Crippen molar-refractivity contribution in [1.29, 1.82) is 0 Å². The molecule has 0 atom stereocenters. The van der Waals surface area contributed by atoms with Crippen molar-refractivity contribution >= 4 is 21.6 Å². The molecule has 0 spiro atoms. The molecular formula is C11H21ClF3NO2S. The molecule has 116 valence electrons.